The molecule has 1 aromatic rings. The second-order valence-corrected chi connectivity index (χ2v) is 3.80. The van der Waals surface area contributed by atoms with Crippen molar-refractivity contribution in [3.8, 4) is 5.75 Å². The maximum Gasteiger partial charge on any atom is 0.446 e. The number of benzene rings is 1. The first-order valence-electron chi connectivity index (χ1n) is 3.82. The zero-order valence-corrected chi connectivity index (χ0v) is 8.76. The van der Waals surface area contributed by atoms with E-state index < -0.39 is 51.0 Å². The Bertz CT molecular complexity index is 626. The molecular formula is C7H2F4O6S. The van der Waals surface area contributed by atoms with E-state index >= 15 is 0 Å². The summed E-state index contributed by atoms with van der Waals surface area (Å²) in [5.41, 5.74) is -1.91. The van der Waals surface area contributed by atoms with Crippen LogP contribution in [0.3, 0.4) is 0 Å². The van der Waals surface area contributed by atoms with Crippen molar-refractivity contribution in [1.29, 1.82) is 0 Å². The van der Waals surface area contributed by atoms with Gasteiger partial charge in [0.2, 0.25) is 17.4 Å². The molecule has 0 aliphatic carbocycles. The average molecular weight is 290 g/mol. The van der Waals surface area contributed by atoms with Gasteiger partial charge in [0, 0.05) is 0 Å². The van der Waals surface area contributed by atoms with Crippen LogP contribution in [0.2, 0.25) is 0 Å². The fraction of sp³-hybridized carbons (Fsp3) is 0. The van der Waals surface area contributed by atoms with Gasteiger partial charge in [0.05, 0.1) is 0 Å². The third-order valence-corrected chi connectivity index (χ3v) is 2.00. The highest BCUT2D eigenvalue weighted by Gasteiger charge is 2.32. The largest absolute Gasteiger partial charge is 0.477 e. The van der Waals surface area contributed by atoms with Crippen LogP contribution in [-0.4, -0.2) is 24.0 Å². The normalized spacial score (nSPS) is 11.4. The van der Waals surface area contributed by atoms with Gasteiger partial charge in [-0.2, -0.15) is 12.8 Å². The molecule has 0 atom stereocenters. The van der Waals surface area contributed by atoms with Gasteiger partial charge in [-0.15, -0.1) is 0 Å². The summed E-state index contributed by atoms with van der Waals surface area (Å²) in [6.45, 7) is 0. The molecular weight excluding hydrogens is 288 g/mol. The fourth-order valence-corrected chi connectivity index (χ4v) is 1.35. The molecule has 0 heterocycles. The molecule has 2 N–H and O–H groups in total. The zero-order valence-electron chi connectivity index (χ0n) is 7.95. The molecule has 0 fully saturated rings. The lowest BCUT2D eigenvalue weighted by Gasteiger charge is -2.09. The Morgan fingerprint density at radius 3 is 1.83 bits per heavy atom. The number of carbonyl (C=O) groups is 1. The molecule has 1 rings (SSSR count). The zero-order chi connectivity index (χ0) is 14.2. The Morgan fingerprint density at radius 2 is 1.44 bits per heavy atom. The summed E-state index contributed by atoms with van der Waals surface area (Å²) in [7, 11) is -5.46. The molecule has 0 saturated heterocycles. The van der Waals surface area contributed by atoms with E-state index in [1.165, 1.54) is 0 Å². The summed E-state index contributed by atoms with van der Waals surface area (Å²) in [5.74, 6) is -14.1. The number of aromatic carboxylic acids is 1. The Hall–Kier alpha value is -1.88. The van der Waals surface area contributed by atoms with Gasteiger partial charge in [-0.3, -0.25) is 4.55 Å². The predicted octanol–water partition coefficient (Wildman–Crippen LogP) is 1.12. The summed E-state index contributed by atoms with van der Waals surface area (Å²) in [6, 6.07) is 0. The molecule has 0 bridgehead atoms. The van der Waals surface area contributed by atoms with E-state index in [0.29, 0.717) is 0 Å². The average Bonchev–Trinajstić information content (AvgIpc) is 2.20. The van der Waals surface area contributed by atoms with E-state index in [9.17, 15) is 30.8 Å². The van der Waals surface area contributed by atoms with Crippen molar-refractivity contribution < 1.29 is 44.6 Å². The molecule has 11 heteroatoms. The minimum atomic E-state index is -5.46. The molecule has 18 heavy (non-hydrogen) atoms. The highest BCUT2D eigenvalue weighted by Crippen LogP contribution is 2.31. The van der Waals surface area contributed by atoms with Crippen LogP contribution in [0.15, 0.2) is 0 Å². The number of carboxylic acid groups (broad SMARTS) is 1. The maximum atomic E-state index is 13.0. The highest BCUT2D eigenvalue weighted by atomic mass is 32.3. The Balaban J connectivity index is 3.72. The number of hydrogen-bond donors (Lipinski definition) is 2. The van der Waals surface area contributed by atoms with Crippen LogP contribution in [-0.2, 0) is 10.4 Å². The lowest BCUT2D eigenvalue weighted by molar-refractivity contribution is 0.0687. The lowest BCUT2D eigenvalue weighted by atomic mass is 10.1. The highest BCUT2D eigenvalue weighted by molar-refractivity contribution is 7.81. The molecule has 0 aliphatic heterocycles. The Labute approximate surface area is 96.4 Å². The monoisotopic (exact) mass is 290 g/mol. The number of hydrogen-bond acceptors (Lipinski definition) is 4. The van der Waals surface area contributed by atoms with Gasteiger partial charge in [-0.1, -0.05) is 0 Å². The van der Waals surface area contributed by atoms with E-state index in [-0.39, 0.29) is 0 Å². The quantitative estimate of drug-likeness (QED) is 0.374. The van der Waals surface area contributed by atoms with Gasteiger partial charge in [0.15, 0.2) is 11.6 Å². The van der Waals surface area contributed by atoms with Crippen molar-refractivity contribution in [3.05, 3.63) is 28.8 Å². The second kappa shape index (κ2) is 4.42. The first kappa shape index (κ1) is 14.2. The van der Waals surface area contributed by atoms with Crippen molar-refractivity contribution in [2.75, 3.05) is 0 Å². The smallest absolute Gasteiger partial charge is 0.446 e. The first-order chi connectivity index (χ1) is 8.06. The van der Waals surface area contributed by atoms with E-state index in [1.807, 2.05) is 0 Å². The van der Waals surface area contributed by atoms with Crippen molar-refractivity contribution in [2.24, 2.45) is 0 Å². The van der Waals surface area contributed by atoms with Crippen LogP contribution < -0.4 is 4.18 Å². The molecule has 1 aromatic carbocycles. The number of rotatable bonds is 3. The molecule has 6 nitrogen and oxygen atoms in total. The molecule has 0 saturated carbocycles. The Morgan fingerprint density at radius 1 is 1.00 bits per heavy atom. The lowest BCUT2D eigenvalue weighted by Crippen LogP contribution is -2.16. The predicted molar refractivity (Wildman–Crippen MR) is 45.4 cm³/mol. The molecule has 0 aliphatic rings. The maximum absolute atomic E-state index is 13.0. The minimum Gasteiger partial charge on any atom is -0.477 e. The van der Waals surface area contributed by atoms with Crippen LogP contribution in [0.1, 0.15) is 10.4 Å². The van der Waals surface area contributed by atoms with E-state index in [4.69, 9.17) is 9.66 Å². The van der Waals surface area contributed by atoms with E-state index in [0.717, 1.165) is 0 Å². The summed E-state index contributed by atoms with van der Waals surface area (Å²) < 4.78 is 83.6. The van der Waals surface area contributed by atoms with Gasteiger partial charge in [0.1, 0.15) is 5.56 Å². The van der Waals surface area contributed by atoms with Crippen LogP contribution in [0.25, 0.3) is 0 Å². The summed E-state index contributed by atoms with van der Waals surface area (Å²) in [5, 5.41) is 8.43. The van der Waals surface area contributed by atoms with E-state index in [2.05, 4.69) is 4.18 Å². The molecule has 0 spiro atoms. The van der Waals surface area contributed by atoms with Gasteiger partial charge >= 0.3 is 16.4 Å². The van der Waals surface area contributed by atoms with Crippen molar-refractivity contribution in [2.45, 2.75) is 0 Å². The van der Waals surface area contributed by atoms with Crippen molar-refractivity contribution >= 4 is 16.4 Å². The number of carboxylic acids is 1. The van der Waals surface area contributed by atoms with Gasteiger partial charge in [-0.25, -0.2) is 18.0 Å². The molecule has 0 amide bonds. The molecule has 0 unspecified atom stereocenters. The Kier molecular flexibility index (Phi) is 3.48. The van der Waals surface area contributed by atoms with Crippen LogP contribution in [0.5, 0.6) is 5.75 Å². The molecule has 100 valence electrons. The van der Waals surface area contributed by atoms with Crippen LogP contribution in [0.4, 0.5) is 17.6 Å². The van der Waals surface area contributed by atoms with Crippen molar-refractivity contribution in [3.63, 3.8) is 0 Å². The second-order valence-electron chi connectivity index (χ2n) is 2.78. The van der Waals surface area contributed by atoms with Gasteiger partial charge < -0.3 is 9.29 Å². The van der Waals surface area contributed by atoms with Crippen LogP contribution in [0, 0.1) is 23.3 Å². The molecule has 0 aromatic heterocycles. The van der Waals surface area contributed by atoms with Crippen molar-refractivity contribution in [1.82, 2.24) is 0 Å². The summed E-state index contributed by atoms with van der Waals surface area (Å²) in [4.78, 5) is 10.5. The minimum absolute atomic E-state index is 1.91. The molecule has 0 radical (unpaired) electrons. The number of halogens is 4. The third-order valence-electron chi connectivity index (χ3n) is 1.63. The standard InChI is InChI=1S/C7H2F4O6S/c8-2-1(7(12)13)6(17-18(14,15)16)5(11)4(10)3(2)9/h(H,12,13)(H,14,15,16). The summed E-state index contributed by atoms with van der Waals surface area (Å²) >= 11 is 0. The van der Waals surface area contributed by atoms with E-state index in [1.54, 1.807) is 0 Å². The third kappa shape index (κ3) is 2.51. The van der Waals surface area contributed by atoms with Gasteiger partial charge in [-0.05, 0) is 0 Å². The summed E-state index contributed by atoms with van der Waals surface area (Å²) in [6.07, 6.45) is 0. The fourth-order valence-electron chi connectivity index (χ4n) is 0.986. The topological polar surface area (TPSA) is 101 Å². The first-order valence-corrected chi connectivity index (χ1v) is 5.19. The van der Waals surface area contributed by atoms with Crippen LogP contribution >= 0.6 is 0 Å². The van der Waals surface area contributed by atoms with Gasteiger partial charge in [0.25, 0.3) is 0 Å². The SMILES string of the molecule is O=C(O)c1c(F)c(F)c(F)c(F)c1OS(=O)(=O)O.